The second-order valence-electron chi connectivity index (χ2n) is 6.30. The lowest BCUT2D eigenvalue weighted by Gasteiger charge is -2.19. The van der Waals surface area contributed by atoms with Crippen LogP contribution in [0.4, 0.5) is 0 Å². The zero-order chi connectivity index (χ0) is 19.5. The van der Waals surface area contributed by atoms with E-state index in [0.717, 1.165) is 54.3 Å². The first-order valence-corrected chi connectivity index (χ1v) is 10.5. The van der Waals surface area contributed by atoms with Crippen molar-refractivity contribution in [3.05, 3.63) is 58.1 Å². The van der Waals surface area contributed by atoms with E-state index >= 15 is 0 Å². The smallest absolute Gasteiger partial charge is 0.162 e. The van der Waals surface area contributed by atoms with Gasteiger partial charge >= 0.3 is 0 Å². The lowest BCUT2D eigenvalue weighted by atomic mass is 10.2. The van der Waals surface area contributed by atoms with E-state index in [9.17, 15) is 0 Å². The van der Waals surface area contributed by atoms with Gasteiger partial charge in [-0.1, -0.05) is 60.1 Å². The molecule has 4 nitrogen and oxygen atoms in total. The van der Waals surface area contributed by atoms with E-state index in [0.29, 0.717) is 13.2 Å². The normalized spacial score (nSPS) is 11.0. The Hall–Kier alpha value is -1.56. The molecule has 27 heavy (non-hydrogen) atoms. The van der Waals surface area contributed by atoms with Gasteiger partial charge in [0.05, 0.1) is 6.61 Å². The number of nitrogens with zero attached hydrogens (tertiary/aromatic N) is 1. The topological polar surface area (TPSA) is 33.7 Å². The molecule has 0 saturated heterocycles. The number of benzene rings is 2. The minimum absolute atomic E-state index is 0.523. The molecule has 148 valence electrons. The average Bonchev–Trinajstić information content (AvgIpc) is 2.70. The van der Waals surface area contributed by atoms with Gasteiger partial charge in [0.25, 0.3) is 0 Å². The van der Waals surface area contributed by atoms with Gasteiger partial charge in [-0.2, -0.15) is 0 Å². The molecule has 5 heteroatoms. The van der Waals surface area contributed by atoms with Crippen molar-refractivity contribution in [3.8, 4) is 11.5 Å². The van der Waals surface area contributed by atoms with Crippen molar-refractivity contribution in [2.75, 3.05) is 32.8 Å². The number of hydrogen-bond acceptors (Lipinski definition) is 4. The van der Waals surface area contributed by atoms with Crippen molar-refractivity contribution in [2.24, 2.45) is 0 Å². The monoisotopic (exact) mass is 434 g/mol. The summed E-state index contributed by atoms with van der Waals surface area (Å²) >= 11 is 3.68. The maximum atomic E-state index is 6.02. The fourth-order valence-electron chi connectivity index (χ4n) is 2.83. The van der Waals surface area contributed by atoms with Gasteiger partial charge < -0.3 is 19.7 Å². The molecule has 0 bridgehead atoms. The first-order chi connectivity index (χ1) is 13.2. The molecule has 0 heterocycles. The minimum atomic E-state index is 0.523. The summed E-state index contributed by atoms with van der Waals surface area (Å²) in [5.74, 6) is 1.55. The summed E-state index contributed by atoms with van der Waals surface area (Å²) < 4.78 is 12.9. The molecular weight excluding hydrogens is 404 g/mol. The summed E-state index contributed by atoms with van der Waals surface area (Å²) in [5.41, 5.74) is 2.31. The van der Waals surface area contributed by atoms with Crippen LogP contribution in [0, 0.1) is 0 Å². The highest BCUT2D eigenvalue weighted by molar-refractivity contribution is 9.10. The molecule has 2 aromatic rings. The molecule has 0 spiro atoms. The first kappa shape index (κ1) is 21.7. The first-order valence-electron chi connectivity index (χ1n) is 9.72. The van der Waals surface area contributed by atoms with E-state index in [4.69, 9.17) is 9.47 Å². The van der Waals surface area contributed by atoms with Gasteiger partial charge in [0.15, 0.2) is 11.5 Å². The van der Waals surface area contributed by atoms with Crippen LogP contribution in [-0.4, -0.2) is 37.7 Å². The molecule has 0 aliphatic heterocycles. The molecule has 0 unspecified atom stereocenters. The Morgan fingerprint density at radius 1 is 0.963 bits per heavy atom. The summed E-state index contributed by atoms with van der Waals surface area (Å²) in [6.45, 7) is 12.5. The lowest BCUT2D eigenvalue weighted by molar-refractivity contribution is 0.268. The molecule has 0 atom stereocenters. The van der Waals surface area contributed by atoms with Crippen LogP contribution in [0.1, 0.15) is 31.9 Å². The molecule has 0 aliphatic carbocycles. The summed E-state index contributed by atoms with van der Waals surface area (Å²) in [6.07, 6.45) is 0. The van der Waals surface area contributed by atoms with Crippen molar-refractivity contribution in [2.45, 2.75) is 33.9 Å². The van der Waals surface area contributed by atoms with E-state index < -0.39 is 0 Å². The highest BCUT2D eigenvalue weighted by Crippen LogP contribution is 2.34. The third kappa shape index (κ3) is 7.17. The Morgan fingerprint density at radius 3 is 2.33 bits per heavy atom. The molecule has 2 aromatic carbocycles. The van der Waals surface area contributed by atoms with Gasteiger partial charge in [-0.15, -0.1) is 0 Å². The molecule has 0 fully saturated rings. The van der Waals surface area contributed by atoms with E-state index in [1.807, 2.05) is 31.2 Å². The zero-order valence-electron chi connectivity index (χ0n) is 16.6. The standard InChI is InChI=1S/C22H31BrN2O2/c1-4-25(5-2)13-12-24-16-19-14-21(26-6-3)22(15-20(19)23)27-17-18-10-8-7-9-11-18/h7-11,14-15,24H,4-6,12-13,16-17H2,1-3H3. The van der Waals surface area contributed by atoms with E-state index in [1.54, 1.807) is 0 Å². The van der Waals surface area contributed by atoms with Crippen LogP contribution in [0.2, 0.25) is 0 Å². The maximum Gasteiger partial charge on any atom is 0.162 e. The second-order valence-corrected chi connectivity index (χ2v) is 7.16. The maximum absolute atomic E-state index is 6.02. The van der Waals surface area contributed by atoms with Gasteiger partial charge in [-0.05, 0) is 43.3 Å². The van der Waals surface area contributed by atoms with E-state index in [-0.39, 0.29) is 0 Å². The minimum Gasteiger partial charge on any atom is -0.490 e. The molecule has 1 N–H and O–H groups in total. The van der Waals surface area contributed by atoms with Crippen LogP contribution in [-0.2, 0) is 13.2 Å². The third-order valence-corrected chi connectivity index (χ3v) is 5.20. The van der Waals surface area contributed by atoms with Crippen LogP contribution in [0.5, 0.6) is 11.5 Å². The van der Waals surface area contributed by atoms with E-state index in [2.05, 4.69) is 58.2 Å². The Labute approximate surface area is 172 Å². The van der Waals surface area contributed by atoms with Crippen molar-refractivity contribution >= 4 is 15.9 Å². The predicted octanol–water partition coefficient (Wildman–Crippen LogP) is 4.86. The van der Waals surface area contributed by atoms with Crippen LogP contribution in [0.15, 0.2) is 46.9 Å². The van der Waals surface area contributed by atoms with Gasteiger partial charge in [0.1, 0.15) is 6.61 Å². The molecule has 0 radical (unpaired) electrons. The largest absolute Gasteiger partial charge is 0.490 e. The van der Waals surface area contributed by atoms with Crippen LogP contribution >= 0.6 is 15.9 Å². The summed E-state index contributed by atoms with van der Waals surface area (Å²) in [4.78, 5) is 2.41. The van der Waals surface area contributed by atoms with Crippen LogP contribution in [0.3, 0.4) is 0 Å². The van der Waals surface area contributed by atoms with Crippen LogP contribution < -0.4 is 14.8 Å². The summed E-state index contributed by atoms with van der Waals surface area (Å²) in [7, 11) is 0. The van der Waals surface area contributed by atoms with Gasteiger partial charge in [-0.25, -0.2) is 0 Å². The Bertz CT molecular complexity index is 676. The molecular formula is C22H31BrN2O2. The third-order valence-electron chi connectivity index (χ3n) is 4.46. The molecule has 0 aromatic heterocycles. The Morgan fingerprint density at radius 2 is 1.67 bits per heavy atom. The Kier molecular flexibility index (Phi) is 9.67. The lowest BCUT2D eigenvalue weighted by Crippen LogP contribution is -2.31. The summed E-state index contributed by atoms with van der Waals surface area (Å²) in [5, 5.41) is 3.52. The quantitative estimate of drug-likeness (QED) is 0.483. The zero-order valence-corrected chi connectivity index (χ0v) is 18.2. The SMILES string of the molecule is CCOc1cc(CNCCN(CC)CC)c(Br)cc1OCc1ccccc1. The van der Waals surface area contributed by atoms with Crippen molar-refractivity contribution < 1.29 is 9.47 Å². The fourth-order valence-corrected chi connectivity index (χ4v) is 3.29. The molecule has 2 rings (SSSR count). The van der Waals surface area contributed by atoms with Crippen molar-refractivity contribution in [1.82, 2.24) is 10.2 Å². The Balaban J connectivity index is 1.99. The second kappa shape index (κ2) is 12.0. The number of hydrogen-bond donors (Lipinski definition) is 1. The molecule has 0 aliphatic rings. The number of ether oxygens (including phenoxy) is 2. The highest BCUT2D eigenvalue weighted by atomic mass is 79.9. The number of nitrogens with one attached hydrogen (secondary N) is 1. The van der Waals surface area contributed by atoms with Gasteiger partial charge in [0.2, 0.25) is 0 Å². The fraction of sp³-hybridized carbons (Fsp3) is 0.455. The van der Waals surface area contributed by atoms with Crippen LogP contribution in [0.25, 0.3) is 0 Å². The molecule has 0 amide bonds. The summed E-state index contributed by atoms with van der Waals surface area (Å²) in [6, 6.07) is 14.2. The van der Waals surface area contributed by atoms with Crippen molar-refractivity contribution in [1.29, 1.82) is 0 Å². The predicted molar refractivity (Wildman–Crippen MR) is 116 cm³/mol. The number of likely N-dealkylation sites (N-methyl/N-ethyl adjacent to an activating group) is 1. The van der Waals surface area contributed by atoms with E-state index in [1.165, 1.54) is 5.56 Å². The average molecular weight is 435 g/mol. The van der Waals surface area contributed by atoms with Gasteiger partial charge in [-0.3, -0.25) is 0 Å². The highest BCUT2D eigenvalue weighted by Gasteiger charge is 2.11. The van der Waals surface area contributed by atoms with Crippen molar-refractivity contribution in [3.63, 3.8) is 0 Å². The molecule has 0 saturated carbocycles. The number of halogens is 1. The van der Waals surface area contributed by atoms with Gasteiger partial charge in [0, 0.05) is 24.1 Å². The number of rotatable bonds is 12.